The van der Waals surface area contributed by atoms with Gasteiger partial charge in [-0.2, -0.15) is 18.2 Å². The molecule has 0 bridgehead atoms. The first-order valence-electron chi connectivity index (χ1n) is 8.09. The fraction of sp³-hybridized carbons (Fsp3) is 0.294. The molecule has 0 saturated carbocycles. The number of nitrogen functional groups attached to an aromatic ring is 1. The van der Waals surface area contributed by atoms with Gasteiger partial charge < -0.3 is 14.9 Å². The Labute approximate surface area is 161 Å². The Morgan fingerprint density at radius 3 is 2.68 bits per heavy atom. The van der Waals surface area contributed by atoms with Crippen molar-refractivity contribution in [1.29, 1.82) is 0 Å². The lowest BCUT2D eigenvalue weighted by atomic mass is 10.2. The zero-order valence-electron chi connectivity index (χ0n) is 14.8. The molecule has 0 atom stereocenters. The molecule has 28 heavy (non-hydrogen) atoms. The maximum atomic E-state index is 12.6. The highest BCUT2D eigenvalue weighted by Crippen LogP contribution is 2.32. The minimum Gasteiger partial charge on any atom is -0.462 e. The molecule has 0 aliphatic rings. The second-order valence-electron chi connectivity index (χ2n) is 5.63. The number of nitrogens with zero attached hydrogens (tertiary/aromatic N) is 3. The molecule has 0 aliphatic carbocycles. The van der Waals surface area contributed by atoms with E-state index in [-0.39, 0.29) is 34.8 Å². The molecule has 0 unspecified atom stereocenters. The van der Waals surface area contributed by atoms with Gasteiger partial charge in [0.1, 0.15) is 23.0 Å². The number of hydrogen-bond donors (Lipinski definition) is 1. The Morgan fingerprint density at radius 1 is 1.32 bits per heavy atom. The number of anilines is 1. The zero-order valence-corrected chi connectivity index (χ0v) is 15.6. The van der Waals surface area contributed by atoms with Gasteiger partial charge in [-0.3, -0.25) is 0 Å². The smallest absolute Gasteiger partial charge is 0.417 e. The van der Waals surface area contributed by atoms with Crippen LogP contribution in [0.4, 0.5) is 19.0 Å². The van der Waals surface area contributed by atoms with Crippen molar-refractivity contribution in [3.8, 4) is 0 Å². The number of carbonyl (C=O) groups excluding carboxylic acids is 1. The van der Waals surface area contributed by atoms with Crippen molar-refractivity contribution in [2.45, 2.75) is 30.8 Å². The molecule has 3 aromatic heterocycles. The van der Waals surface area contributed by atoms with Crippen molar-refractivity contribution in [3.05, 3.63) is 41.0 Å². The number of hydrogen-bond acceptors (Lipinski definition) is 8. The highest BCUT2D eigenvalue weighted by Gasteiger charge is 2.30. The van der Waals surface area contributed by atoms with E-state index in [1.807, 2.05) is 0 Å². The number of carbonyl (C=O) groups is 1. The second-order valence-corrected chi connectivity index (χ2v) is 6.63. The number of aryl methyl sites for hydroxylation is 1. The number of halogens is 3. The average Bonchev–Trinajstić information content (AvgIpc) is 2.96. The van der Waals surface area contributed by atoms with E-state index in [4.69, 9.17) is 14.9 Å². The molecule has 11 heteroatoms. The second kappa shape index (κ2) is 7.66. The van der Waals surface area contributed by atoms with Crippen LogP contribution in [0.25, 0.3) is 11.1 Å². The molecule has 0 fully saturated rings. The summed E-state index contributed by atoms with van der Waals surface area (Å²) in [5, 5.41) is 0.649. The number of thioether (sulfide) groups is 1. The third-order valence-corrected chi connectivity index (χ3v) is 4.63. The molecular weight excluding hydrogens is 397 g/mol. The van der Waals surface area contributed by atoms with Gasteiger partial charge in [0.2, 0.25) is 5.71 Å². The molecule has 148 valence electrons. The lowest BCUT2D eigenvalue weighted by molar-refractivity contribution is -0.137. The highest BCUT2D eigenvalue weighted by molar-refractivity contribution is 7.98. The summed E-state index contributed by atoms with van der Waals surface area (Å²) in [5.74, 6) is 0.281. The monoisotopic (exact) mass is 412 g/mol. The molecule has 7 nitrogen and oxygen atoms in total. The SMILES string of the molecule is CCOC(=O)c1c(C)oc2nc(CSc3ccc(C(F)(F)F)cn3)nc(N)c12. The van der Waals surface area contributed by atoms with E-state index in [0.29, 0.717) is 16.6 Å². The van der Waals surface area contributed by atoms with Crippen LogP contribution >= 0.6 is 11.8 Å². The van der Waals surface area contributed by atoms with Crippen LogP contribution in [0.3, 0.4) is 0 Å². The largest absolute Gasteiger partial charge is 0.462 e. The summed E-state index contributed by atoms with van der Waals surface area (Å²) in [6, 6.07) is 2.22. The Bertz CT molecular complexity index is 1020. The van der Waals surface area contributed by atoms with Crippen LogP contribution in [0.2, 0.25) is 0 Å². The normalized spacial score (nSPS) is 11.8. The number of furan rings is 1. The number of esters is 1. The van der Waals surface area contributed by atoms with Crippen molar-refractivity contribution in [1.82, 2.24) is 15.0 Å². The number of nitrogens with two attached hydrogens (primary N) is 1. The molecule has 0 amide bonds. The maximum absolute atomic E-state index is 12.6. The fourth-order valence-electron chi connectivity index (χ4n) is 2.47. The Balaban J connectivity index is 1.82. The van der Waals surface area contributed by atoms with E-state index >= 15 is 0 Å². The van der Waals surface area contributed by atoms with Crippen molar-refractivity contribution in [2.75, 3.05) is 12.3 Å². The van der Waals surface area contributed by atoms with Gasteiger partial charge in [0.05, 0.1) is 28.3 Å². The van der Waals surface area contributed by atoms with E-state index in [1.54, 1.807) is 13.8 Å². The van der Waals surface area contributed by atoms with Gasteiger partial charge >= 0.3 is 12.1 Å². The summed E-state index contributed by atoms with van der Waals surface area (Å²) in [7, 11) is 0. The maximum Gasteiger partial charge on any atom is 0.417 e. The number of ether oxygens (including phenoxy) is 1. The molecule has 3 heterocycles. The Hall–Kier alpha value is -2.82. The predicted octanol–water partition coefficient (Wildman–Crippen LogP) is 4.00. The Morgan fingerprint density at radius 2 is 2.07 bits per heavy atom. The van der Waals surface area contributed by atoms with E-state index in [1.165, 1.54) is 6.07 Å². The minimum absolute atomic E-state index is 0.0564. The van der Waals surface area contributed by atoms with Gasteiger partial charge in [0.15, 0.2) is 0 Å². The Kier molecular flexibility index (Phi) is 5.45. The van der Waals surface area contributed by atoms with Crippen LogP contribution in [0.1, 0.15) is 34.4 Å². The topological polar surface area (TPSA) is 104 Å². The van der Waals surface area contributed by atoms with Gasteiger partial charge in [-0.05, 0) is 26.0 Å². The van der Waals surface area contributed by atoms with Crippen molar-refractivity contribution >= 4 is 34.6 Å². The molecule has 3 rings (SSSR count). The van der Waals surface area contributed by atoms with Crippen molar-refractivity contribution in [3.63, 3.8) is 0 Å². The van der Waals surface area contributed by atoms with Crippen molar-refractivity contribution < 1.29 is 27.1 Å². The first kappa shape index (κ1) is 19.9. The number of aromatic nitrogens is 3. The van der Waals surface area contributed by atoms with Gasteiger partial charge in [0.25, 0.3) is 0 Å². The summed E-state index contributed by atoms with van der Waals surface area (Å²) < 4.78 is 48.2. The van der Waals surface area contributed by atoms with Crippen LogP contribution in [0, 0.1) is 6.92 Å². The third-order valence-electron chi connectivity index (χ3n) is 3.69. The van der Waals surface area contributed by atoms with Crippen molar-refractivity contribution in [2.24, 2.45) is 0 Å². The first-order valence-corrected chi connectivity index (χ1v) is 9.08. The van der Waals surface area contributed by atoms with Crippen LogP contribution in [-0.2, 0) is 16.7 Å². The molecule has 0 saturated heterocycles. The lowest BCUT2D eigenvalue weighted by Crippen LogP contribution is -2.07. The van der Waals surface area contributed by atoms with Crippen LogP contribution < -0.4 is 5.73 Å². The summed E-state index contributed by atoms with van der Waals surface area (Å²) in [5.41, 5.74) is 5.47. The van der Waals surface area contributed by atoms with Crippen LogP contribution in [0.5, 0.6) is 0 Å². The quantitative estimate of drug-likeness (QED) is 0.495. The van der Waals surface area contributed by atoms with Gasteiger partial charge in [-0.15, -0.1) is 0 Å². The summed E-state index contributed by atoms with van der Waals surface area (Å²) in [4.78, 5) is 24.3. The minimum atomic E-state index is -4.44. The standard InChI is InChI=1S/C17H15F3N4O3S/c1-3-26-16(25)12-8(2)27-15-13(12)14(21)23-10(24-15)7-28-11-5-4-9(6-22-11)17(18,19)20/h4-6H,3,7H2,1-2H3,(H2,21,23,24). The summed E-state index contributed by atoms with van der Waals surface area (Å²) in [6.45, 7) is 3.47. The van der Waals surface area contributed by atoms with E-state index in [2.05, 4.69) is 15.0 Å². The number of pyridine rings is 1. The number of rotatable bonds is 5. The number of alkyl halides is 3. The van der Waals surface area contributed by atoms with E-state index in [0.717, 1.165) is 24.0 Å². The molecule has 0 radical (unpaired) electrons. The van der Waals surface area contributed by atoms with Crippen LogP contribution in [0.15, 0.2) is 27.8 Å². The van der Waals surface area contributed by atoms with Gasteiger partial charge in [-0.1, -0.05) is 11.8 Å². The fourth-order valence-corrected chi connectivity index (χ4v) is 3.17. The summed E-state index contributed by atoms with van der Waals surface area (Å²) in [6.07, 6.45) is -3.67. The lowest BCUT2D eigenvalue weighted by Gasteiger charge is -2.06. The first-order chi connectivity index (χ1) is 13.2. The molecule has 3 aromatic rings. The van der Waals surface area contributed by atoms with Gasteiger partial charge in [0, 0.05) is 6.20 Å². The molecular formula is C17H15F3N4O3S. The number of fused-ring (bicyclic) bond motifs is 1. The molecule has 2 N–H and O–H groups in total. The molecule has 0 spiro atoms. The van der Waals surface area contributed by atoms with Crippen LogP contribution in [-0.4, -0.2) is 27.5 Å². The average molecular weight is 412 g/mol. The zero-order chi connectivity index (χ0) is 20.5. The van der Waals surface area contributed by atoms with E-state index < -0.39 is 17.7 Å². The van der Waals surface area contributed by atoms with Gasteiger partial charge in [-0.25, -0.2) is 14.8 Å². The highest BCUT2D eigenvalue weighted by atomic mass is 32.2. The predicted molar refractivity (Wildman–Crippen MR) is 95.7 cm³/mol. The third kappa shape index (κ3) is 4.03. The van der Waals surface area contributed by atoms with E-state index in [9.17, 15) is 18.0 Å². The molecule has 0 aliphatic heterocycles. The molecule has 0 aromatic carbocycles. The summed E-state index contributed by atoms with van der Waals surface area (Å²) >= 11 is 1.14.